The Morgan fingerprint density at radius 3 is 2.50 bits per heavy atom. The van der Waals surface area contributed by atoms with E-state index < -0.39 is 35.0 Å². The highest BCUT2D eigenvalue weighted by Crippen LogP contribution is 2.17. The molecule has 0 fully saturated rings. The number of carbonyl (C=O) groups is 1. The number of H-pyrrole nitrogens is 1. The maximum Gasteiger partial charge on any atom is 0.352 e. The fraction of sp³-hybridized carbons (Fsp3) is 0.143. The van der Waals surface area contributed by atoms with E-state index in [0.717, 1.165) is 0 Å². The molecule has 0 saturated carbocycles. The molecule has 7 heteroatoms. The van der Waals surface area contributed by atoms with Gasteiger partial charge in [-0.3, -0.25) is 4.79 Å². The van der Waals surface area contributed by atoms with Gasteiger partial charge in [0.1, 0.15) is 11.4 Å². The molecule has 1 aromatic heterocycles. The first-order valence-electron chi connectivity index (χ1n) is 3.37. The summed E-state index contributed by atoms with van der Waals surface area (Å²) < 4.78 is 36.8. The van der Waals surface area contributed by atoms with Crippen LogP contribution in [0, 0.1) is 5.82 Å². The number of rotatable bonds is 2. The molecule has 0 unspecified atom stereocenters. The summed E-state index contributed by atoms with van der Waals surface area (Å²) in [5.74, 6) is -3.27. The number of halogens is 3. The van der Waals surface area contributed by atoms with Gasteiger partial charge < -0.3 is 10.1 Å². The average molecular weight is 207 g/mol. The van der Waals surface area contributed by atoms with Gasteiger partial charge in [0, 0.05) is 6.07 Å². The average Bonchev–Trinajstić information content (AvgIpc) is 2.08. The lowest BCUT2D eigenvalue weighted by Gasteiger charge is -2.02. The Kier molecular flexibility index (Phi) is 2.59. The Balaban J connectivity index is 3.43. The highest BCUT2D eigenvalue weighted by Gasteiger charge is 2.19. The molecule has 0 aliphatic rings. The molecule has 0 bridgehead atoms. The van der Waals surface area contributed by atoms with Gasteiger partial charge in [-0.25, -0.2) is 18.0 Å². The van der Waals surface area contributed by atoms with Crippen LogP contribution in [0.25, 0.3) is 0 Å². The quantitative estimate of drug-likeness (QED) is 0.764. The van der Waals surface area contributed by atoms with Crippen LogP contribution in [-0.2, 0) is 0 Å². The van der Waals surface area contributed by atoms with Crippen LogP contribution in [0.4, 0.5) is 13.2 Å². The molecule has 2 N–H and O–H groups in total. The van der Waals surface area contributed by atoms with E-state index in [2.05, 4.69) is 0 Å². The second kappa shape index (κ2) is 3.52. The van der Waals surface area contributed by atoms with E-state index in [1.807, 2.05) is 0 Å². The van der Waals surface area contributed by atoms with Gasteiger partial charge in [-0.1, -0.05) is 0 Å². The number of aromatic nitrogens is 1. The van der Waals surface area contributed by atoms with E-state index in [4.69, 9.17) is 5.11 Å². The van der Waals surface area contributed by atoms with Crippen LogP contribution in [0.2, 0.25) is 0 Å². The minimum atomic E-state index is -3.26. The molecular weight excluding hydrogens is 203 g/mol. The molecule has 0 aromatic carbocycles. The predicted octanol–water partition coefficient (Wildman–Crippen LogP) is 1.15. The van der Waals surface area contributed by atoms with Crippen LogP contribution in [-0.4, -0.2) is 16.1 Å². The van der Waals surface area contributed by atoms with E-state index in [1.54, 1.807) is 4.98 Å². The number of alkyl halides is 2. The molecule has 0 saturated heterocycles. The van der Waals surface area contributed by atoms with Crippen molar-refractivity contribution in [3.05, 3.63) is 33.5 Å². The third-order valence-corrected chi connectivity index (χ3v) is 1.45. The first-order valence-corrected chi connectivity index (χ1v) is 3.37. The maximum absolute atomic E-state index is 12.7. The van der Waals surface area contributed by atoms with E-state index in [0.29, 0.717) is 6.07 Å². The fourth-order valence-electron chi connectivity index (χ4n) is 0.829. The Morgan fingerprint density at radius 2 is 2.07 bits per heavy atom. The second-order valence-electron chi connectivity index (χ2n) is 2.38. The highest BCUT2D eigenvalue weighted by atomic mass is 19.3. The maximum atomic E-state index is 12.7. The van der Waals surface area contributed by atoms with Crippen molar-refractivity contribution in [1.82, 2.24) is 4.98 Å². The minimum Gasteiger partial charge on any atom is -0.477 e. The van der Waals surface area contributed by atoms with E-state index in [9.17, 15) is 22.8 Å². The number of carboxylic acid groups (broad SMARTS) is 1. The summed E-state index contributed by atoms with van der Waals surface area (Å²) in [6.07, 6.45) is -3.26. The molecule has 0 spiro atoms. The van der Waals surface area contributed by atoms with E-state index in [1.165, 1.54) is 0 Å². The van der Waals surface area contributed by atoms with Gasteiger partial charge in [0.15, 0.2) is 5.82 Å². The Labute approximate surface area is 75.0 Å². The minimum absolute atomic E-state index is 0.406. The number of aromatic carboxylic acids is 1. The zero-order chi connectivity index (χ0) is 10.9. The topological polar surface area (TPSA) is 70.2 Å². The van der Waals surface area contributed by atoms with Crippen molar-refractivity contribution >= 4 is 5.97 Å². The van der Waals surface area contributed by atoms with Crippen molar-refractivity contribution in [1.29, 1.82) is 0 Å². The van der Waals surface area contributed by atoms with Gasteiger partial charge in [-0.05, 0) is 0 Å². The molecule has 76 valence electrons. The van der Waals surface area contributed by atoms with Crippen LogP contribution >= 0.6 is 0 Å². The Morgan fingerprint density at radius 1 is 1.50 bits per heavy atom. The molecule has 0 aliphatic carbocycles. The van der Waals surface area contributed by atoms with Crippen LogP contribution < -0.4 is 5.43 Å². The first kappa shape index (κ1) is 10.3. The molecule has 4 nitrogen and oxygen atoms in total. The third-order valence-electron chi connectivity index (χ3n) is 1.45. The zero-order valence-electron chi connectivity index (χ0n) is 6.55. The molecule has 0 amide bonds. The van der Waals surface area contributed by atoms with Gasteiger partial charge in [0.25, 0.3) is 6.43 Å². The molecule has 14 heavy (non-hydrogen) atoms. The monoisotopic (exact) mass is 207 g/mol. The molecule has 0 atom stereocenters. The summed E-state index contributed by atoms with van der Waals surface area (Å²) in [5.41, 5.74) is -3.46. The fourth-order valence-corrected chi connectivity index (χ4v) is 0.829. The van der Waals surface area contributed by atoms with Gasteiger partial charge in [0.2, 0.25) is 5.43 Å². The SMILES string of the molecule is O=C(O)c1cc(=O)c(F)c(C(F)F)[nH]1. The summed E-state index contributed by atoms with van der Waals surface area (Å²) >= 11 is 0. The second-order valence-corrected chi connectivity index (χ2v) is 2.38. The van der Waals surface area contributed by atoms with Crippen LogP contribution in [0.1, 0.15) is 22.6 Å². The summed E-state index contributed by atoms with van der Waals surface area (Å²) in [4.78, 5) is 22.6. The largest absolute Gasteiger partial charge is 0.477 e. The van der Waals surface area contributed by atoms with Crippen LogP contribution in [0.15, 0.2) is 10.9 Å². The Hall–Kier alpha value is -1.79. The first-order chi connectivity index (χ1) is 6.43. The normalized spacial score (nSPS) is 10.6. The smallest absolute Gasteiger partial charge is 0.352 e. The number of hydrogen-bond acceptors (Lipinski definition) is 2. The lowest BCUT2D eigenvalue weighted by atomic mass is 10.3. The van der Waals surface area contributed by atoms with Crippen molar-refractivity contribution in [2.24, 2.45) is 0 Å². The van der Waals surface area contributed by atoms with Gasteiger partial charge in [-0.15, -0.1) is 0 Å². The standard InChI is InChI=1S/C7H4F3NO3/c8-4-3(12)1-2(7(13)14)11-5(4)6(9)10/h1,6H,(H,11,12)(H,13,14). The lowest BCUT2D eigenvalue weighted by molar-refractivity contribution is 0.0688. The molecule has 1 aromatic rings. The summed E-state index contributed by atoms with van der Waals surface area (Å²) in [6.45, 7) is 0. The van der Waals surface area contributed by atoms with Crippen molar-refractivity contribution in [2.45, 2.75) is 6.43 Å². The summed E-state index contributed by atoms with van der Waals surface area (Å²) in [5, 5.41) is 8.37. The van der Waals surface area contributed by atoms with Crippen molar-refractivity contribution < 1.29 is 23.1 Å². The van der Waals surface area contributed by atoms with Crippen LogP contribution in [0.3, 0.4) is 0 Å². The molecule has 0 aliphatic heterocycles. The lowest BCUT2D eigenvalue weighted by Crippen LogP contribution is -2.16. The zero-order valence-corrected chi connectivity index (χ0v) is 6.55. The third kappa shape index (κ3) is 1.76. The van der Waals surface area contributed by atoms with Gasteiger partial charge in [0.05, 0.1) is 0 Å². The van der Waals surface area contributed by atoms with Crippen molar-refractivity contribution in [2.75, 3.05) is 0 Å². The van der Waals surface area contributed by atoms with Crippen LogP contribution in [0.5, 0.6) is 0 Å². The molecule has 1 rings (SSSR count). The van der Waals surface area contributed by atoms with Gasteiger partial charge in [-0.2, -0.15) is 0 Å². The predicted molar refractivity (Wildman–Crippen MR) is 38.9 cm³/mol. The molecular formula is C7H4F3NO3. The number of pyridine rings is 1. The van der Waals surface area contributed by atoms with Crippen molar-refractivity contribution in [3.63, 3.8) is 0 Å². The summed E-state index contributed by atoms with van der Waals surface area (Å²) in [6, 6.07) is 0.406. The number of aromatic amines is 1. The van der Waals surface area contributed by atoms with E-state index in [-0.39, 0.29) is 0 Å². The number of carboxylic acids is 1. The molecule has 0 radical (unpaired) electrons. The number of nitrogens with one attached hydrogen (secondary N) is 1. The molecule has 1 heterocycles. The highest BCUT2D eigenvalue weighted by molar-refractivity contribution is 5.85. The Bertz CT molecular complexity index is 427. The number of hydrogen-bond donors (Lipinski definition) is 2. The summed E-state index contributed by atoms with van der Waals surface area (Å²) in [7, 11) is 0. The van der Waals surface area contributed by atoms with Gasteiger partial charge >= 0.3 is 5.97 Å². The van der Waals surface area contributed by atoms with Crippen molar-refractivity contribution in [3.8, 4) is 0 Å². The van der Waals surface area contributed by atoms with E-state index >= 15 is 0 Å².